The zero-order valence-electron chi connectivity index (χ0n) is 18.2. The predicted molar refractivity (Wildman–Crippen MR) is 133 cm³/mol. The summed E-state index contributed by atoms with van der Waals surface area (Å²) >= 11 is 7.89. The number of carbonyl (C=O) groups excluding carboxylic acids is 1. The van der Waals surface area contributed by atoms with Crippen LogP contribution in [-0.4, -0.2) is 20.8 Å². The Balaban J connectivity index is 1.51. The number of carbonyl (C=O) groups is 1. The summed E-state index contributed by atoms with van der Waals surface area (Å²) in [4.78, 5) is 12.4. The van der Waals surface area contributed by atoms with Crippen molar-refractivity contribution >= 4 is 29.4 Å². The molecule has 0 bridgehead atoms. The predicted octanol–water partition coefficient (Wildman–Crippen LogP) is 5.52. The first-order valence-electron chi connectivity index (χ1n) is 10.5. The van der Waals surface area contributed by atoms with Gasteiger partial charge in [-0.2, -0.15) is 0 Å². The number of thioether (sulfide) groups is 1. The number of hydrogen-bond acceptors (Lipinski definition) is 4. The third-order valence-electron chi connectivity index (χ3n) is 5.03. The molecule has 0 saturated heterocycles. The Morgan fingerprint density at radius 2 is 1.58 bits per heavy atom. The van der Waals surface area contributed by atoms with Gasteiger partial charge in [-0.1, -0.05) is 90.1 Å². The molecule has 0 unspecified atom stereocenters. The maximum atomic E-state index is 12.4. The van der Waals surface area contributed by atoms with Gasteiger partial charge in [0.2, 0.25) is 0 Å². The molecule has 168 valence electrons. The average molecular weight is 478 g/mol. The van der Waals surface area contributed by atoms with E-state index in [-0.39, 0.29) is 12.6 Å². The van der Waals surface area contributed by atoms with Crippen LogP contribution in [0.4, 0.5) is 4.79 Å². The van der Waals surface area contributed by atoms with E-state index >= 15 is 0 Å². The number of amides is 2. The van der Waals surface area contributed by atoms with Gasteiger partial charge in [-0.25, -0.2) is 4.79 Å². The third kappa shape index (κ3) is 6.15. The Morgan fingerprint density at radius 3 is 2.30 bits per heavy atom. The smallest absolute Gasteiger partial charge is 0.315 e. The molecule has 0 radical (unpaired) electrons. The molecule has 0 saturated carbocycles. The number of aryl methyl sites for hydroxylation is 1. The SMILES string of the molecule is Cc1ccc(Cl)cc1-n1c(CNC(=O)NCc2ccccc2)nnc1SCc1ccccc1. The van der Waals surface area contributed by atoms with Gasteiger partial charge in [-0.05, 0) is 35.7 Å². The molecular weight excluding hydrogens is 454 g/mol. The van der Waals surface area contributed by atoms with Crippen LogP contribution in [0.25, 0.3) is 5.69 Å². The fraction of sp³-hybridized carbons (Fsp3) is 0.160. The van der Waals surface area contributed by atoms with Crippen molar-refractivity contribution in [1.82, 2.24) is 25.4 Å². The van der Waals surface area contributed by atoms with Gasteiger partial charge >= 0.3 is 6.03 Å². The van der Waals surface area contributed by atoms with Crippen LogP contribution < -0.4 is 10.6 Å². The maximum Gasteiger partial charge on any atom is 0.315 e. The molecule has 2 amide bonds. The van der Waals surface area contributed by atoms with Gasteiger partial charge in [-0.15, -0.1) is 10.2 Å². The monoisotopic (exact) mass is 477 g/mol. The summed E-state index contributed by atoms with van der Waals surface area (Å²) in [6.45, 7) is 2.69. The van der Waals surface area contributed by atoms with Crippen LogP contribution in [0.3, 0.4) is 0 Å². The average Bonchev–Trinajstić information content (AvgIpc) is 3.25. The van der Waals surface area contributed by atoms with Crippen molar-refractivity contribution in [2.75, 3.05) is 0 Å². The molecular formula is C25H24ClN5OS. The fourth-order valence-electron chi connectivity index (χ4n) is 3.30. The summed E-state index contributed by atoms with van der Waals surface area (Å²) < 4.78 is 1.96. The van der Waals surface area contributed by atoms with Crippen molar-refractivity contribution in [3.63, 3.8) is 0 Å². The van der Waals surface area contributed by atoms with Crippen molar-refractivity contribution in [3.05, 3.63) is 106 Å². The topological polar surface area (TPSA) is 71.8 Å². The first-order chi connectivity index (χ1) is 16.1. The number of aromatic nitrogens is 3. The van der Waals surface area contributed by atoms with Gasteiger partial charge < -0.3 is 10.6 Å². The molecule has 0 aliphatic heterocycles. The quantitative estimate of drug-likeness (QED) is 0.328. The van der Waals surface area contributed by atoms with Gasteiger partial charge in [0.1, 0.15) is 0 Å². The Labute approximate surface area is 202 Å². The zero-order chi connectivity index (χ0) is 23.0. The Bertz CT molecular complexity index is 1210. The largest absolute Gasteiger partial charge is 0.334 e. The number of benzene rings is 3. The summed E-state index contributed by atoms with van der Waals surface area (Å²) in [6, 6.07) is 25.4. The van der Waals surface area contributed by atoms with Crippen LogP contribution in [-0.2, 0) is 18.8 Å². The molecule has 0 aliphatic rings. The molecule has 3 aromatic carbocycles. The molecule has 0 atom stereocenters. The van der Waals surface area contributed by atoms with Gasteiger partial charge in [0.25, 0.3) is 0 Å². The van der Waals surface area contributed by atoms with Gasteiger partial charge in [0.15, 0.2) is 11.0 Å². The summed E-state index contributed by atoms with van der Waals surface area (Å²) in [5.41, 5.74) is 4.16. The molecule has 1 aromatic heterocycles. The summed E-state index contributed by atoms with van der Waals surface area (Å²) in [5, 5.41) is 15.9. The van der Waals surface area contributed by atoms with Crippen LogP contribution in [0.2, 0.25) is 5.02 Å². The molecule has 0 fully saturated rings. The lowest BCUT2D eigenvalue weighted by molar-refractivity contribution is 0.240. The van der Waals surface area contributed by atoms with Crippen molar-refractivity contribution in [2.45, 2.75) is 30.9 Å². The van der Waals surface area contributed by atoms with Crippen molar-refractivity contribution in [3.8, 4) is 5.69 Å². The van der Waals surface area contributed by atoms with Crippen molar-refractivity contribution in [2.24, 2.45) is 0 Å². The second kappa shape index (κ2) is 11.0. The first kappa shape index (κ1) is 22.9. The zero-order valence-corrected chi connectivity index (χ0v) is 19.7. The van der Waals surface area contributed by atoms with E-state index < -0.39 is 0 Å². The number of nitrogens with one attached hydrogen (secondary N) is 2. The number of halogens is 1. The second-order valence-electron chi connectivity index (χ2n) is 7.46. The third-order valence-corrected chi connectivity index (χ3v) is 6.26. The molecule has 33 heavy (non-hydrogen) atoms. The Hall–Kier alpha value is -3.29. The molecule has 8 heteroatoms. The van der Waals surface area contributed by atoms with Crippen molar-refractivity contribution in [1.29, 1.82) is 0 Å². The lowest BCUT2D eigenvalue weighted by atomic mass is 10.2. The Morgan fingerprint density at radius 1 is 0.909 bits per heavy atom. The normalized spacial score (nSPS) is 10.7. The second-order valence-corrected chi connectivity index (χ2v) is 8.84. The highest BCUT2D eigenvalue weighted by atomic mass is 35.5. The van der Waals surface area contributed by atoms with E-state index in [1.165, 1.54) is 5.56 Å². The minimum atomic E-state index is -0.269. The number of rotatable bonds is 8. The molecule has 4 aromatic rings. The number of urea groups is 1. The van der Waals surface area contributed by atoms with Gasteiger partial charge in [0.05, 0.1) is 12.2 Å². The van der Waals surface area contributed by atoms with E-state index in [2.05, 4.69) is 33.0 Å². The van der Waals surface area contributed by atoms with E-state index in [0.29, 0.717) is 17.4 Å². The summed E-state index contributed by atoms with van der Waals surface area (Å²) in [6.07, 6.45) is 0. The van der Waals surface area contributed by atoms with Gasteiger partial charge in [-0.3, -0.25) is 4.57 Å². The first-order valence-corrected chi connectivity index (χ1v) is 11.9. The molecule has 0 aliphatic carbocycles. The Kier molecular flexibility index (Phi) is 7.65. The molecule has 6 nitrogen and oxygen atoms in total. The molecule has 0 spiro atoms. The van der Waals surface area contributed by atoms with E-state index in [1.54, 1.807) is 11.8 Å². The minimum absolute atomic E-state index is 0.228. The van der Waals surface area contributed by atoms with E-state index in [1.807, 2.05) is 78.2 Å². The summed E-state index contributed by atoms with van der Waals surface area (Å²) in [7, 11) is 0. The fourth-order valence-corrected chi connectivity index (χ4v) is 4.38. The van der Waals surface area contributed by atoms with Crippen LogP contribution >= 0.6 is 23.4 Å². The summed E-state index contributed by atoms with van der Waals surface area (Å²) in [5.74, 6) is 1.38. The highest BCUT2D eigenvalue weighted by Gasteiger charge is 2.17. The standard InChI is InChI=1S/C25H24ClN5OS/c1-18-12-13-21(26)14-22(18)31-23(16-28-24(32)27-15-19-8-4-2-5-9-19)29-30-25(31)33-17-20-10-6-3-7-11-20/h2-14H,15-17H2,1H3,(H2,27,28,32). The highest BCUT2D eigenvalue weighted by molar-refractivity contribution is 7.98. The minimum Gasteiger partial charge on any atom is -0.334 e. The van der Waals surface area contributed by atoms with E-state index in [9.17, 15) is 4.79 Å². The lowest BCUT2D eigenvalue weighted by Gasteiger charge is -2.14. The molecule has 4 rings (SSSR count). The molecule has 2 N–H and O–H groups in total. The number of hydrogen-bond donors (Lipinski definition) is 2. The number of nitrogens with zero attached hydrogens (tertiary/aromatic N) is 3. The van der Waals surface area contributed by atoms with Crippen LogP contribution in [0, 0.1) is 6.92 Å². The van der Waals surface area contributed by atoms with E-state index in [0.717, 1.165) is 27.7 Å². The van der Waals surface area contributed by atoms with Crippen molar-refractivity contribution < 1.29 is 4.79 Å². The van der Waals surface area contributed by atoms with Crippen LogP contribution in [0.5, 0.6) is 0 Å². The van der Waals surface area contributed by atoms with Crippen LogP contribution in [0.1, 0.15) is 22.5 Å². The highest BCUT2D eigenvalue weighted by Crippen LogP contribution is 2.28. The van der Waals surface area contributed by atoms with Crippen LogP contribution in [0.15, 0.2) is 84.0 Å². The lowest BCUT2D eigenvalue weighted by Crippen LogP contribution is -2.35. The van der Waals surface area contributed by atoms with Gasteiger partial charge in [0, 0.05) is 17.3 Å². The molecule has 1 heterocycles. The maximum absolute atomic E-state index is 12.4. The van der Waals surface area contributed by atoms with E-state index in [4.69, 9.17) is 11.6 Å².